The molecular formula is C30H38ClN3O7. The lowest BCUT2D eigenvalue weighted by molar-refractivity contribution is -0.159. The molecule has 11 heteroatoms. The highest BCUT2D eigenvalue weighted by Crippen LogP contribution is 2.59. The number of halogens is 1. The molecule has 2 N–H and O–H groups in total. The molecule has 3 fully saturated rings. The molecule has 0 unspecified atom stereocenters. The van der Waals surface area contributed by atoms with Gasteiger partial charge in [0, 0.05) is 36.8 Å². The number of likely N-dealkylation sites (tertiary alicyclic amines) is 1. The van der Waals surface area contributed by atoms with Gasteiger partial charge in [0.2, 0.25) is 11.8 Å². The lowest BCUT2D eigenvalue weighted by Gasteiger charge is -2.36. The molecule has 6 atom stereocenters. The topological polar surface area (TPSA) is 125 Å². The number of carbonyl (C=O) groups is 4. The van der Waals surface area contributed by atoms with Gasteiger partial charge < -0.3 is 29.7 Å². The Labute approximate surface area is 245 Å². The number of anilines is 1. The number of esters is 1. The van der Waals surface area contributed by atoms with Crippen molar-refractivity contribution in [3.63, 3.8) is 0 Å². The highest BCUT2D eigenvalue weighted by Gasteiger charge is 2.75. The van der Waals surface area contributed by atoms with Crippen molar-refractivity contribution in [1.29, 1.82) is 0 Å². The first-order chi connectivity index (χ1) is 19.7. The fourth-order valence-electron chi connectivity index (χ4n) is 6.30. The van der Waals surface area contributed by atoms with Crippen LogP contribution in [0.15, 0.2) is 49.6 Å². The first kappa shape index (κ1) is 30.7. The Morgan fingerprint density at radius 1 is 1.29 bits per heavy atom. The van der Waals surface area contributed by atoms with Crippen LogP contribution in [0.1, 0.15) is 39.0 Å². The second-order valence-corrected chi connectivity index (χ2v) is 11.2. The number of fused-ring (bicyclic) bond motifs is 1. The third-order valence-electron chi connectivity index (χ3n) is 8.06. The third kappa shape index (κ3) is 6.05. The number of allylic oxidation sites excluding steroid dienone is 1. The van der Waals surface area contributed by atoms with Gasteiger partial charge in [0.05, 0.1) is 24.5 Å². The van der Waals surface area contributed by atoms with E-state index in [1.54, 1.807) is 43.3 Å². The number of ether oxygens (including phenoxy) is 2. The van der Waals surface area contributed by atoms with Crippen LogP contribution in [0.4, 0.5) is 5.69 Å². The quantitative estimate of drug-likeness (QED) is 0.253. The van der Waals surface area contributed by atoms with E-state index in [1.807, 2.05) is 0 Å². The molecule has 0 radical (unpaired) electrons. The lowest BCUT2D eigenvalue weighted by atomic mass is 9.70. The SMILES string of the molecule is C=CCCC(=O)NC[C@H](C)OC(=O)[C@@H]1[C@H]2C(=O)N(CCCO)[C@H](C(=O)N(CC=C)c3ccc(Cl)cc3)[C@]23CC[C@H]1O3. The Balaban J connectivity index is 1.58. The van der Waals surface area contributed by atoms with Crippen molar-refractivity contribution in [3.05, 3.63) is 54.6 Å². The Morgan fingerprint density at radius 3 is 2.68 bits per heavy atom. The van der Waals surface area contributed by atoms with Crippen LogP contribution in [-0.4, -0.2) is 83.8 Å². The van der Waals surface area contributed by atoms with Crippen LogP contribution in [0.25, 0.3) is 0 Å². The number of nitrogens with zero attached hydrogens (tertiary/aromatic N) is 2. The van der Waals surface area contributed by atoms with Crippen molar-refractivity contribution in [2.75, 3.05) is 31.1 Å². The summed E-state index contributed by atoms with van der Waals surface area (Å²) in [7, 11) is 0. The van der Waals surface area contributed by atoms with E-state index in [0.29, 0.717) is 36.4 Å². The molecule has 3 amide bonds. The van der Waals surface area contributed by atoms with E-state index >= 15 is 0 Å². The fourth-order valence-corrected chi connectivity index (χ4v) is 6.43. The number of hydrogen-bond acceptors (Lipinski definition) is 7. The molecule has 1 aromatic carbocycles. The lowest BCUT2D eigenvalue weighted by Crippen LogP contribution is -2.56. The van der Waals surface area contributed by atoms with Gasteiger partial charge in [-0.1, -0.05) is 23.8 Å². The molecule has 2 bridgehead atoms. The Hall–Kier alpha value is -3.21. The summed E-state index contributed by atoms with van der Waals surface area (Å²) in [4.78, 5) is 56.7. The van der Waals surface area contributed by atoms with E-state index in [1.165, 1.54) is 9.80 Å². The van der Waals surface area contributed by atoms with Gasteiger partial charge in [-0.2, -0.15) is 0 Å². The van der Waals surface area contributed by atoms with Gasteiger partial charge in [-0.05, 0) is 56.9 Å². The maximum Gasteiger partial charge on any atom is 0.312 e. The number of aliphatic hydroxyl groups excluding tert-OH is 1. The number of hydrogen-bond donors (Lipinski definition) is 2. The van der Waals surface area contributed by atoms with Crippen molar-refractivity contribution < 1.29 is 33.8 Å². The van der Waals surface area contributed by atoms with E-state index < -0.39 is 41.7 Å². The summed E-state index contributed by atoms with van der Waals surface area (Å²) in [5.41, 5.74) is -0.618. The van der Waals surface area contributed by atoms with Gasteiger partial charge in [-0.3, -0.25) is 19.2 Å². The third-order valence-corrected chi connectivity index (χ3v) is 8.31. The van der Waals surface area contributed by atoms with Crippen molar-refractivity contribution in [2.24, 2.45) is 11.8 Å². The molecule has 3 saturated heterocycles. The molecule has 222 valence electrons. The molecule has 4 rings (SSSR count). The molecule has 0 aliphatic carbocycles. The van der Waals surface area contributed by atoms with Crippen LogP contribution < -0.4 is 10.2 Å². The number of carbonyl (C=O) groups excluding carboxylic acids is 4. The minimum absolute atomic E-state index is 0.130. The number of rotatable bonds is 14. The highest BCUT2D eigenvalue weighted by atomic mass is 35.5. The van der Waals surface area contributed by atoms with Gasteiger partial charge in [-0.15, -0.1) is 13.2 Å². The number of amides is 3. The van der Waals surface area contributed by atoms with Crippen molar-refractivity contribution in [1.82, 2.24) is 10.2 Å². The fraction of sp³-hybridized carbons (Fsp3) is 0.533. The summed E-state index contributed by atoms with van der Waals surface area (Å²) in [6.45, 7) is 9.35. The zero-order valence-electron chi connectivity index (χ0n) is 23.3. The molecule has 3 heterocycles. The van der Waals surface area contributed by atoms with Crippen molar-refractivity contribution in [2.45, 2.75) is 62.9 Å². The average molecular weight is 588 g/mol. The smallest absolute Gasteiger partial charge is 0.312 e. The zero-order chi connectivity index (χ0) is 29.7. The number of aliphatic hydroxyl groups is 1. The second-order valence-electron chi connectivity index (χ2n) is 10.8. The van der Waals surface area contributed by atoms with Crippen LogP contribution in [0.3, 0.4) is 0 Å². The Morgan fingerprint density at radius 2 is 2.02 bits per heavy atom. The van der Waals surface area contributed by atoms with E-state index in [4.69, 9.17) is 21.1 Å². The van der Waals surface area contributed by atoms with E-state index in [9.17, 15) is 24.3 Å². The minimum Gasteiger partial charge on any atom is -0.460 e. The van der Waals surface area contributed by atoms with Crippen molar-refractivity contribution in [3.8, 4) is 0 Å². The Bertz CT molecular complexity index is 1180. The summed E-state index contributed by atoms with van der Waals surface area (Å²) in [6.07, 6.45) is 4.09. The Kier molecular flexibility index (Phi) is 9.88. The normalized spacial score (nSPS) is 26.8. The number of nitrogens with one attached hydrogen (secondary N) is 1. The van der Waals surface area contributed by atoms with Gasteiger partial charge in [0.25, 0.3) is 5.91 Å². The molecule has 10 nitrogen and oxygen atoms in total. The summed E-state index contributed by atoms with van der Waals surface area (Å²) in [5, 5.41) is 12.8. The van der Waals surface area contributed by atoms with E-state index in [0.717, 1.165) is 0 Å². The summed E-state index contributed by atoms with van der Waals surface area (Å²) in [6, 6.07) is 5.80. The molecule has 0 saturated carbocycles. The largest absolute Gasteiger partial charge is 0.460 e. The molecule has 1 spiro atoms. The molecule has 1 aromatic rings. The van der Waals surface area contributed by atoms with Gasteiger partial charge in [-0.25, -0.2) is 0 Å². The maximum absolute atomic E-state index is 14.3. The molecule has 0 aromatic heterocycles. The first-order valence-electron chi connectivity index (χ1n) is 14.0. The summed E-state index contributed by atoms with van der Waals surface area (Å²) >= 11 is 6.07. The van der Waals surface area contributed by atoms with Crippen LogP contribution in [0, 0.1) is 11.8 Å². The second kappa shape index (κ2) is 13.2. The van der Waals surface area contributed by atoms with Crippen LogP contribution >= 0.6 is 11.6 Å². The monoisotopic (exact) mass is 587 g/mol. The van der Waals surface area contributed by atoms with E-state index in [2.05, 4.69) is 18.5 Å². The molecular weight excluding hydrogens is 550 g/mol. The zero-order valence-corrected chi connectivity index (χ0v) is 24.1. The predicted octanol–water partition coefficient (Wildman–Crippen LogP) is 2.63. The maximum atomic E-state index is 14.3. The first-order valence-corrected chi connectivity index (χ1v) is 14.4. The predicted molar refractivity (Wildman–Crippen MR) is 153 cm³/mol. The van der Waals surface area contributed by atoms with Crippen LogP contribution in [0.2, 0.25) is 5.02 Å². The molecule has 41 heavy (non-hydrogen) atoms. The molecule has 3 aliphatic heterocycles. The van der Waals surface area contributed by atoms with Gasteiger partial charge in [0.1, 0.15) is 17.7 Å². The number of benzene rings is 1. The van der Waals surface area contributed by atoms with Crippen molar-refractivity contribution >= 4 is 41.0 Å². The summed E-state index contributed by atoms with van der Waals surface area (Å²) in [5.74, 6) is -3.25. The highest BCUT2D eigenvalue weighted by molar-refractivity contribution is 6.30. The standard InChI is InChI=1S/C30H38ClN3O7/c1-4-6-8-23(36)32-18-19(3)40-29(39)24-22-13-14-30(41-22)25(24)27(37)34(16-7-17-35)26(30)28(38)33(15-5-2)21-11-9-20(31)10-12-21/h4-5,9-12,19,22,24-26,35H,1-2,6-8,13-18H2,3H3,(H,32,36)/t19-,22+,24-,25-,26+,30-/m0/s1. The van der Waals surface area contributed by atoms with E-state index in [-0.39, 0.29) is 50.4 Å². The van der Waals surface area contributed by atoms with Gasteiger partial charge in [0.15, 0.2) is 0 Å². The molecule has 3 aliphatic rings. The van der Waals surface area contributed by atoms with Gasteiger partial charge >= 0.3 is 5.97 Å². The minimum atomic E-state index is -1.20. The van der Waals surface area contributed by atoms with Crippen LogP contribution in [0.5, 0.6) is 0 Å². The van der Waals surface area contributed by atoms with Crippen LogP contribution in [-0.2, 0) is 28.7 Å². The average Bonchev–Trinajstić information content (AvgIpc) is 3.60. The summed E-state index contributed by atoms with van der Waals surface area (Å²) < 4.78 is 12.1.